The first kappa shape index (κ1) is 24.7. The highest BCUT2D eigenvalue weighted by Crippen LogP contribution is 2.30. The Morgan fingerprint density at radius 3 is 2.64 bits per heavy atom. The van der Waals surface area contributed by atoms with E-state index in [0.717, 1.165) is 39.2 Å². The normalized spacial score (nSPS) is 11.1. The molecule has 0 saturated heterocycles. The molecular formula is C28H30N6O2. The van der Waals surface area contributed by atoms with Gasteiger partial charge in [-0.05, 0) is 81.3 Å². The predicted molar refractivity (Wildman–Crippen MR) is 144 cm³/mol. The lowest BCUT2D eigenvalue weighted by molar-refractivity contribution is 0.239. The van der Waals surface area contributed by atoms with E-state index < -0.39 is 0 Å². The third kappa shape index (κ3) is 6.56. The fraction of sp³-hybridized carbons (Fsp3) is 0.214. The summed E-state index contributed by atoms with van der Waals surface area (Å²) in [6, 6.07) is 15.6. The van der Waals surface area contributed by atoms with Crippen molar-refractivity contribution in [3.8, 4) is 11.5 Å². The molecule has 2 aromatic heterocycles. The van der Waals surface area contributed by atoms with E-state index in [0.29, 0.717) is 18.1 Å². The van der Waals surface area contributed by atoms with Crippen molar-refractivity contribution in [3.63, 3.8) is 0 Å². The average molecular weight is 483 g/mol. The number of aryl methyl sites for hydroxylation is 2. The van der Waals surface area contributed by atoms with Gasteiger partial charge in [-0.15, -0.1) is 0 Å². The number of urea groups is 1. The first-order chi connectivity index (χ1) is 17.4. The van der Waals surface area contributed by atoms with Crippen LogP contribution in [0.15, 0.2) is 67.1 Å². The number of ether oxygens (including phenoxy) is 1. The van der Waals surface area contributed by atoms with Crippen molar-refractivity contribution in [2.45, 2.75) is 33.7 Å². The van der Waals surface area contributed by atoms with Crippen LogP contribution >= 0.6 is 0 Å². The lowest BCUT2D eigenvalue weighted by Gasteiger charge is -2.12. The van der Waals surface area contributed by atoms with Crippen molar-refractivity contribution in [1.82, 2.24) is 25.6 Å². The highest BCUT2D eigenvalue weighted by atomic mass is 16.5. The van der Waals surface area contributed by atoms with E-state index in [1.54, 1.807) is 12.5 Å². The van der Waals surface area contributed by atoms with Crippen LogP contribution in [0.2, 0.25) is 0 Å². The quantitative estimate of drug-likeness (QED) is 0.289. The minimum absolute atomic E-state index is 0.0957. The highest BCUT2D eigenvalue weighted by Gasteiger charge is 2.08. The molecule has 0 aliphatic carbocycles. The maximum atomic E-state index is 11.7. The SMILES string of the molecule is Cc1ccc(Oc2ccc(Nc3ncnc4ccc(/C=C/CNC(=O)NC(C)C)cc34)cc2C)cn1. The molecule has 2 amide bonds. The number of carbonyl (C=O) groups excluding carboxylic acids is 1. The molecule has 0 aliphatic heterocycles. The van der Waals surface area contributed by atoms with E-state index in [-0.39, 0.29) is 12.1 Å². The Kier molecular flexibility index (Phi) is 7.75. The predicted octanol–water partition coefficient (Wildman–Crippen LogP) is 5.90. The van der Waals surface area contributed by atoms with Gasteiger partial charge in [0.05, 0.1) is 11.7 Å². The minimum Gasteiger partial charge on any atom is -0.455 e. The molecule has 0 spiro atoms. The fourth-order valence-electron chi connectivity index (χ4n) is 3.56. The zero-order valence-corrected chi connectivity index (χ0v) is 20.9. The Balaban J connectivity index is 1.47. The molecule has 8 heteroatoms. The second kappa shape index (κ2) is 11.3. The number of hydrogen-bond acceptors (Lipinski definition) is 6. The first-order valence-corrected chi connectivity index (χ1v) is 11.8. The molecule has 4 aromatic rings. The fourth-order valence-corrected chi connectivity index (χ4v) is 3.56. The minimum atomic E-state index is -0.185. The van der Waals surface area contributed by atoms with Crippen LogP contribution in [0.5, 0.6) is 11.5 Å². The molecule has 2 aromatic carbocycles. The van der Waals surface area contributed by atoms with Crippen LogP contribution in [0.3, 0.4) is 0 Å². The molecule has 0 fully saturated rings. The van der Waals surface area contributed by atoms with Gasteiger partial charge in [0.25, 0.3) is 0 Å². The lowest BCUT2D eigenvalue weighted by Crippen LogP contribution is -2.39. The monoisotopic (exact) mass is 482 g/mol. The van der Waals surface area contributed by atoms with Gasteiger partial charge in [-0.2, -0.15) is 0 Å². The van der Waals surface area contributed by atoms with Gasteiger partial charge in [-0.3, -0.25) is 4.98 Å². The summed E-state index contributed by atoms with van der Waals surface area (Å²) in [5, 5.41) is 9.91. The van der Waals surface area contributed by atoms with Gasteiger partial charge in [0, 0.05) is 29.4 Å². The first-order valence-electron chi connectivity index (χ1n) is 11.8. The van der Waals surface area contributed by atoms with Gasteiger partial charge in [-0.25, -0.2) is 14.8 Å². The number of amides is 2. The van der Waals surface area contributed by atoms with Gasteiger partial charge >= 0.3 is 6.03 Å². The van der Waals surface area contributed by atoms with E-state index in [4.69, 9.17) is 4.74 Å². The second-order valence-electron chi connectivity index (χ2n) is 8.75. The molecule has 0 bridgehead atoms. The maximum absolute atomic E-state index is 11.7. The second-order valence-corrected chi connectivity index (χ2v) is 8.75. The van der Waals surface area contributed by atoms with Crippen LogP contribution in [0, 0.1) is 13.8 Å². The van der Waals surface area contributed by atoms with Gasteiger partial charge in [-0.1, -0.05) is 18.2 Å². The number of carbonyl (C=O) groups is 1. The van der Waals surface area contributed by atoms with Crippen molar-refractivity contribution < 1.29 is 9.53 Å². The summed E-state index contributed by atoms with van der Waals surface area (Å²) in [7, 11) is 0. The Labute approximate surface area is 210 Å². The van der Waals surface area contributed by atoms with Gasteiger partial charge < -0.3 is 20.7 Å². The van der Waals surface area contributed by atoms with Crippen molar-refractivity contribution in [1.29, 1.82) is 0 Å². The van der Waals surface area contributed by atoms with Crippen LogP contribution in [-0.2, 0) is 0 Å². The molecular weight excluding hydrogens is 452 g/mol. The number of benzene rings is 2. The molecule has 2 heterocycles. The summed E-state index contributed by atoms with van der Waals surface area (Å²) in [4.78, 5) is 24.9. The van der Waals surface area contributed by atoms with Gasteiger partial charge in [0.1, 0.15) is 23.6 Å². The van der Waals surface area contributed by atoms with Crippen LogP contribution in [0.4, 0.5) is 16.3 Å². The van der Waals surface area contributed by atoms with Crippen LogP contribution in [0.25, 0.3) is 17.0 Å². The van der Waals surface area contributed by atoms with E-state index >= 15 is 0 Å². The maximum Gasteiger partial charge on any atom is 0.315 e. The van der Waals surface area contributed by atoms with Crippen molar-refractivity contribution in [2.75, 3.05) is 11.9 Å². The molecule has 184 valence electrons. The average Bonchev–Trinajstić information content (AvgIpc) is 2.85. The number of nitrogens with one attached hydrogen (secondary N) is 3. The number of anilines is 2. The number of aromatic nitrogens is 3. The number of rotatable bonds is 8. The number of hydrogen-bond donors (Lipinski definition) is 3. The smallest absolute Gasteiger partial charge is 0.315 e. The van der Waals surface area contributed by atoms with Gasteiger partial charge in [0.2, 0.25) is 0 Å². The molecule has 4 rings (SSSR count). The topological polar surface area (TPSA) is 101 Å². The largest absolute Gasteiger partial charge is 0.455 e. The highest BCUT2D eigenvalue weighted by molar-refractivity contribution is 5.92. The summed E-state index contributed by atoms with van der Waals surface area (Å²) in [5.41, 5.74) is 4.64. The summed E-state index contributed by atoms with van der Waals surface area (Å²) in [6.07, 6.45) is 7.13. The van der Waals surface area contributed by atoms with Crippen LogP contribution in [0.1, 0.15) is 30.7 Å². The van der Waals surface area contributed by atoms with E-state index in [2.05, 4.69) is 30.9 Å². The molecule has 36 heavy (non-hydrogen) atoms. The van der Waals surface area contributed by atoms with E-state index in [1.165, 1.54) is 0 Å². The van der Waals surface area contributed by atoms with Crippen molar-refractivity contribution in [3.05, 3.63) is 84.0 Å². The Bertz CT molecular complexity index is 1380. The standard InChI is InChI=1S/C28H30N6O2/c1-18(2)33-28(35)29-13-5-6-21-8-11-25-24(15-21)27(32-17-31-25)34-22-9-12-26(19(3)14-22)36-23-10-7-20(4)30-16-23/h5-12,14-18H,13H2,1-4H3,(H2,29,33,35)(H,31,32,34)/b6-5+. The summed E-state index contributed by atoms with van der Waals surface area (Å²) in [5.74, 6) is 2.17. The Hall–Kier alpha value is -4.46. The number of fused-ring (bicyclic) bond motifs is 1. The molecule has 0 atom stereocenters. The third-order valence-corrected chi connectivity index (χ3v) is 5.32. The van der Waals surface area contributed by atoms with E-state index in [9.17, 15) is 4.79 Å². The van der Waals surface area contributed by atoms with Crippen molar-refractivity contribution >= 4 is 34.5 Å². The van der Waals surface area contributed by atoms with Crippen molar-refractivity contribution in [2.24, 2.45) is 0 Å². The van der Waals surface area contributed by atoms with Crippen LogP contribution < -0.4 is 20.7 Å². The lowest BCUT2D eigenvalue weighted by atomic mass is 10.1. The molecule has 3 N–H and O–H groups in total. The zero-order chi connectivity index (χ0) is 25.5. The van der Waals surface area contributed by atoms with Crippen LogP contribution in [-0.4, -0.2) is 33.6 Å². The zero-order valence-electron chi connectivity index (χ0n) is 20.9. The molecule has 0 unspecified atom stereocenters. The Morgan fingerprint density at radius 1 is 1.03 bits per heavy atom. The van der Waals surface area contributed by atoms with E-state index in [1.807, 2.05) is 88.4 Å². The number of nitrogens with zero attached hydrogens (tertiary/aromatic N) is 3. The summed E-state index contributed by atoms with van der Waals surface area (Å²) < 4.78 is 5.98. The molecule has 0 radical (unpaired) electrons. The Morgan fingerprint density at radius 2 is 1.89 bits per heavy atom. The number of pyridine rings is 1. The summed E-state index contributed by atoms with van der Waals surface area (Å²) >= 11 is 0. The molecule has 0 aliphatic rings. The third-order valence-electron chi connectivity index (χ3n) is 5.32. The summed E-state index contributed by atoms with van der Waals surface area (Å²) in [6.45, 7) is 8.21. The molecule has 0 saturated carbocycles. The van der Waals surface area contributed by atoms with Gasteiger partial charge in [0.15, 0.2) is 0 Å². The molecule has 8 nitrogen and oxygen atoms in total.